The molecule has 0 aliphatic heterocycles. The standard InChI is InChI=1S/C11H10F3NO/c1-16-10-4-2-3-9-8(10)5-6-15(9)7-11(12,13)14/h2-6H,7H2,1H3. The summed E-state index contributed by atoms with van der Waals surface area (Å²) in [5.74, 6) is 0.582. The molecule has 1 aromatic heterocycles. The molecule has 0 atom stereocenters. The maximum Gasteiger partial charge on any atom is 0.406 e. The average molecular weight is 229 g/mol. The third-order valence-corrected chi connectivity index (χ3v) is 2.34. The highest BCUT2D eigenvalue weighted by molar-refractivity contribution is 5.86. The molecule has 0 radical (unpaired) electrons. The number of halogens is 3. The number of aromatic nitrogens is 1. The van der Waals surface area contributed by atoms with Crippen LogP contribution in [0.2, 0.25) is 0 Å². The number of methoxy groups -OCH3 is 1. The first-order valence-electron chi connectivity index (χ1n) is 4.70. The first kappa shape index (κ1) is 10.9. The van der Waals surface area contributed by atoms with Gasteiger partial charge >= 0.3 is 6.18 Å². The smallest absolute Gasteiger partial charge is 0.406 e. The van der Waals surface area contributed by atoms with Crippen LogP contribution >= 0.6 is 0 Å². The normalized spacial score (nSPS) is 12.0. The highest BCUT2D eigenvalue weighted by Gasteiger charge is 2.28. The predicted molar refractivity (Wildman–Crippen MR) is 54.5 cm³/mol. The van der Waals surface area contributed by atoms with E-state index >= 15 is 0 Å². The van der Waals surface area contributed by atoms with Gasteiger partial charge < -0.3 is 9.30 Å². The Hall–Kier alpha value is -1.65. The Morgan fingerprint density at radius 1 is 1.25 bits per heavy atom. The number of nitrogens with zero attached hydrogens (tertiary/aromatic N) is 1. The van der Waals surface area contributed by atoms with E-state index < -0.39 is 12.7 Å². The number of fused-ring (bicyclic) bond motifs is 1. The minimum atomic E-state index is -4.21. The van der Waals surface area contributed by atoms with Crippen molar-refractivity contribution in [1.29, 1.82) is 0 Å². The average Bonchev–Trinajstić information content (AvgIpc) is 2.59. The molecule has 86 valence electrons. The molecule has 0 saturated carbocycles. The summed E-state index contributed by atoms with van der Waals surface area (Å²) in [6.07, 6.45) is -2.80. The summed E-state index contributed by atoms with van der Waals surface area (Å²) in [6, 6.07) is 6.66. The Morgan fingerprint density at radius 2 is 2.00 bits per heavy atom. The van der Waals surface area contributed by atoms with Crippen molar-refractivity contribution in [2.75, 3.05) is 7.11 Å². The number of alkyl halides is 3. The van der Waals surface area contributed by atoms with Crippen molar-refractivity contribution in [1.82, 2.24) is 4.57 Å². The molecule has 0 saturated heterocycles. The van der Waals surface area contributed by atoms with Crippen LogP contribution in [0.5, 0.6) is 5.75 Å². The summed E-state index contributed by atoms with van der Waals surface area (Å²) < 4.78 is 43.1. The van der Waals surface area contributed by atoms with Crippen molar-refractivity contribution >= 4 is 10.9 Å². The molecule has 1 aromatic carbocycles. The third kappa shape index (κ3) is 1.98. The number of ether oxygens (including phenoxy) is 1. The Bertz CT molecular complexity index is 501. The van der Waals surface area contributed by atoms with E-state index in [1.807, 2.05) is 0 Å². The maximum atomic E-state index is 12.3. The van der Waals surface area contributed by atoms with Crippen molar-refractivity contribution < 1.29 is 17.9 Å². The molecule has 0 amide bonds. The molecule has 16 heavy (non-hydrogen) atoms. The molecular formula is C11H10F3NO. The van der Waals surface area contributed by atoms with E-state index in [1.165, 1.54) is 13.3 Å². The van der Waals surface area contributed by atoms with Crippen LogP contribution in [-0.4, -0.2) is 17.9 Å². The van der Waals surface area contributed by atoms with Crippen LogP contribution in [0.25, 0.3) is 10.9 Å². The summed E-state index contributed by atoms with van der Waals surface area (Å²) in [7, 11) is 1.50. The SMILES string of the molecule is COc1cccc2c1ccn2CC(F)(F)F. The first-order valence-corrected chi connectivity index (χ1v) is 4.70. The fourth-order valence-electron chi connectivity index (χ4n) is 1.70. The molecule has 0 unspecified atom stereocenters. The second-order valence-electron chi connectivity index (χ2n) is 3.45. The van der Waals surface area contributed by atoms with Crippen LogP contribution < -0.4 is 4.74 Å². The lowest BCUT2D eigenvalue weighted by molar-refractivity contribution is -0.139. The second kappa shape index (κ2) is 3.73. The summed E-state index contributed by atoms with van der Waals surface area (Å²) in [5, 5.41) is 0.689. The summed E-state index contributed by atoms with van der Waals surface area (Å²) in [4.78, 5) is 0. The quantitative estimate of drug-likeness (QED) is 0.771. The molecule has 2 nitrogen and oxygen atoms in total. The third-order valence-electron chi connectivity index (χ3n) is 2.34. The first-order chi connectivity index (χ1) is 7.51. The van der Waals surface area contributed by atoms with Crippen molar-refractivity contribution in [3.05, 3.63) is 30.5 Å². The molecule has 2 rings (SSSR count). The molecule has 1 heterocycles. The lowest BCUT2D eigenvalue weighted by Gasteiger charge is -2.09. The fourth-order valence-corrected chi connectivity index (χ4v) is 1.70. The lowest BCUT2D eigenvalue weighted by atomic mass is 10.2. The van der Waals surface area contributed by atoms with Gasteiger partial charge in [0, 0.05) is 11.6 Å². The largest absolute Gasteiger partial charge is 0.496 e. The molecule has 0 spiro atoms. The highest BCUT2D eigenvalue weighted by atomic mass is 19.4. The van der Waals surface area contributed by atoms with Gasteiger partial charge in [0.2, 0.25) is 0 Å². The van der Waals surface area contributed by atoms with Gasteiger partial charge in [0.25, 0.3) is 0 Å². The van der Waals surface area contributed by atoms with Gasteiger partial charge in [-0.2, -0.15) is 13.2 Å². The number of hydrogen-bond acceptors (Lipinski definition) is 1. The molecular weight excluding hydrogens is 219 g/mol. The fraction of sp³-hybridized carbons (Fsp3) is 0.273. The Labute approximate surface area is 90.2 Å². The van der Waals surface area contributed by atoms with Gasteiger partial charge in [0.1, 0.15) is 12.3 Å². The highest BCUT2D eigenvalue weighted by Crippen LogP contribution is 2.28. The molecule has 0 N–H and O–H groups in total. The van der Waals surface area contributed by atoms with Gasteiger partial charge in [-0.3, -0.25) is 0 Å². The van der Waals surface area contributed by atoms with Crippen molar-refractivity contribution in [3.63, 3.8) is 0 Å². The summed E-state index contributed by atoms with van der Waals surface area (Å²) in [6.45, 7) is -0.982. The topological polar surface area (TPSA) is 14.2 Å². The van der Waals surface area contributed by atoms with E-state index in [1.54, 1.807) is 24.3 Å². The Kier molecular flexibility index (Phi) is 2.53. The van der Waals surface area contributed by atoms with Crippen molar-refractivity contribution in [2.24, 2.45) is 0 Å². The van der Waals surface area contributed by atoms with Crippen LogP contribution in [0.3, 0.4) is 0 Å². The van der Waals surface area contributed by atoms with E-state index in [9.17, 15) is 13.2 Å². The molecule has 0 fully saturated rings. The minimum Gasteiger partial charge on any atom is -0.496 e. The van der Waals surface area contributed by atoms with Gasteiger partial charge in [-0.05, 0) is 18.2 Å². The van der Waals surface area contributed by atoms with Gasteiger partial charge in [0.15, 0.2) is 0 Å². The molecule has 0 bridgehead atoms. The van der Waals surface area contributed by atoms with E-state index in [-0.39, 0.29) is 0 Å². The zero-order valence-corrected chi connectivity index (χ0v) is 8.58. The van der Waals surface area contributed by atoms with Crippen LogP contribution in [-0.2, 0) is 6.54 Å². The van der Waals surface area contributed by atoms with Crippen LogP contribution in [0, 0.1) is 0 Å². The van der Waals surface area contributed by atoms with Gasteiger partial charge in [0.05, 0.1) is 12.6 Å². The summed E-state index contributed by atoms with van der Waals surface area (Å²) >= 11 is 0. The number of rotatable bonds is 2. The van der Waals surface area contributed by atoms with E-state index in [0.717, 1.165) is 4.57 Å². The van der Waals surface area contributed by atoms with Crippen molar-refractivity contribution in [3.8, 4) is 5.75 Å². The van der Waals surface area contributed by atoms with Crippen LogP contribution in [0.1, 0.15) is 0 Å². The lowest BCUT2D eigenvalue weighted by Crippen LogP contribution is -2.16. The Balaban J connectivity index is 2.49. The second-order valence-corrected chi connectivity index (χ2v) is 3.45. The van der Waals surface area contributed by atoms with Gasteiger partial charge in [-0.15, -0.1) is 0 Å². The van der Waals surface area contributed by atoms with Gasteiger partial charge in [-0.1, -0.05) is 6.07 Å². The van der Waals surface area contributed by atoms with Crippen LogP contribution in [0.4, 0.5) is 13.2 Å². The van der Waals surface area contributed by atoms with E-state index in [4.69, 9.17) is 4.74 Å². The van der Waals surface area contributed by atoms with Crippen molar-refractivity contribution in [2.45, 2.75) is 12.7 Å². The molecule has 0 aliphatic rings. The zero-order chi connectivity index (χ0) is 11.8. The predicted octanol–water partition coefficient (Wildman–Crippen LogP) is 3.21. The zero-order valence-electron chi connectivity index (χ0n) is 8.58. The monoisotopic (exact) mass is 229 g/mol. The van der Waals surface area contributed by atoms with Gasteiger partial charge in [-0.25, -0.2) is 0 Å². The van der Waals surface area contributed by atoms with Crippen LogP contribution in [0.15, 0.2) is 30.5 Å². The maximum absolute atomic E-state index is 12.3. The number of hydrogen-bond donors (Lipinski definition) is 0. The minimum absolute atomic E-state index is 0.525. The number of benzene rings is 1. The van der Waals surface area contributed by atoms with E-state index in [0.29, 0.717) is 16.7 Å². The van der Waals surface area contributed by atoms with E-state index in [2.05, 4.69) is 0 Å². The molecule has 5 heteroatoms. The molecule has 2 aromatic rings. The Morgan fingerprint density at radius 3 is 2.62 bits per heavy atom. The molecule has 0 aliphatic carbocycles. The summed E-state index contributed by atoms with van der Waals surface area (Å²) in [5.41, 5.74) is 0.525.